The lowest BCUT2D eigenvalue weighted by Crippen LogP contribution is -2.58. The lowest BCUT2D eigenvalue weighted by Gasteiger charge is -2.33. The molecule has 1 N–H and O–H groups in total. The minimum atomic E-state index is -0.749. The predicted octanol–water partition coefficient (Wildman–Crippen LogP) is 2.61. The molecule has 0 saturated carbocycles. The lowest BCUT2D eigenvalue weighted by atomic mass is 9.98. The molecule has 1 fully saturated rings. The van der Waals surface area contributed by atoms with E-state index in [0.717, 1.165) is 16.2 Å². The fourth-order valence-electron chi connectivity index (χ4n) is 2.35. The Labute approximate surface area is 122 Å². The number of urea groups is 1. The number of imide groups is 2. The Morgan fingerprint density at radius 3 is 2.60 bits per heavy atom. The second kappa shape index (κ2) is 5.75. The molecule has 0 spiro atoms. The van der Waals surface area contributed by atoms with Crippen molar-refractivity contribution < 1.29 is 14.4 Å². The van der Waals surface area contributed by atoms with Crippen LogP contribution in [0.4, 0.5) is 4.79 Å². The van der Waals surface area contributed by atoms with E-state index in [4.69, 9.17) is 0 Å². The summed E-state index contributed by atoms with van der Waals surface area (Å²) in [6.07, 6.45) is 1.18. The summed E-state index contributed by atoms with van der Waals surface area (Å²) in [6.45, 7) is 5.69. The van der Waals surface area contributed by atoms with Crippen LogP contribution in [0.1, 0.15) is 42.5 Å². The average molecular weight is 294 g/mol. The van der Waals surface area contributed by atoms with Crippen LogP contribution in [0.3, 0.4) is 0 Å². The third-order valence-electron chi connectivity index (χ3n) is 3.44. The molecule has 2 rings (SSSR count). The predicted molar refractivity (Wildman–Crippen MR) is 76.3 cm³/mol. The summed E-state index contributed by atoms with van der Waals surface area (Å²) in [5.74, 6) is -1.62. The molecule has 5 nitrogen and oxygen atoms in total. The van der Waals surface area contributed by atoms with Crippen molar-refractivity contribution in [1.82, 2.24) is 10.2 Å². The zero-order chi connectivity index (χ0) is 14.9. The first-order valence-corrected chi connectivity index (χ1v) is 7.51. The van der Waals surface area contributed by atoms with E-state index in [9.17, 15) is 14.4 Å². The van der Waals surface area contributed by atoms with Gasteiger partial charge in [-0.2, -0.15) is 0 Å². The Morgan fingerprint density at radius 2 is 2.05 bits per heavy atom. The Balaban J connectivity index is 2.27. The largest absolute Gasteiger partial charge is 0.331 e. The number of carbonyl (C=O) groups excluding carboxylic acids is 3. The monoisotopic (exact) mass is 294 g/mol. The maximum Gasteiger partial charge on any atom is 0.331 e. The highest BCUT2D eigenvalue weighted by atomic mass is 32.1. The second-order valence-corrected chi connectivity index (χ2v) is 6.29. The molecule has 2 atom stereocenters. The van der Waals surface area contributed by atoms with E-state index in [1.165, 1.54) is 4.90 Å². The molecule has 6 heteroatoms. The summed E-state index contributed by atoms with van der Waals surface area (Å²) in [5.41, 5.74) is 0. The molecule has 0 aliphatic carbocycles. The first-order chi connectivity index (χ1) is 9.45. The summed E-state index contributed by atoms with van der Waals surface area (Å²) < 4.78 is 0. The van der Waals surface area contributed by atoms with Gasteiger partial charge in [-0.1, -0.05) is 13.3 Å². The molecule has 108 valence electrons. The number of nitrogens with zero attached hydrogens (tertiary/aromatic N) is 1. The van der Waals surface area contributed by atoms with E-state index in [1.807, 2.05) is 32.9 Å². The van der Waals surface area contributed by atoms with Crippen molar-refractivity contribution in [3.05, 3.63) is 21.9 Å². The number of hydrogen-bond acceptors (Lipinski definition) is 4. The van der Waals surface area contributed by atoms with Gasteiger partial charge in [0.05, 0.1) is 6.04 Å². The van der Waals surface area contributed by atoms with Crippen LogP contribution in [-0.2, 0) is 9.59 Å². The van der Waals surface area contributed by atoms with Crippen molar-refractivity contribution in [2.75, 3.05) is 0 Å². The lowest BCUT2D eigenvalue weighted by molar-refractivity contribution is -0.144. The number of carbonyl (C=O) groups is 3. The average Bonchev–Trinajstić information content (AvgIpc) is 2.81. The van der Waals surface area contributed by atoms with Gasteiger partial charge in [-0.05, 0) is 32.4 Å². The molecule has 1 saturated heterocycles. The van der Waals surface area contributed by atoms with E-state index in [-0.39, 0.29) is 11.9 Å². The Kier molecular flexibility index (Phi) is 4.23. The van der Waals surface area contributed by atoms with Crippen LogP contribution in [0.2, 0.25) is 0 Å². The molecule has 20 heavy (non-hydrogen) atoms. The van der Waals surface area contributed by atoms with E-state index in [1.54, 1.807) is 11.3 Å². The maximum atomic E-state index is 12.4. The normalized spacial score (nSPS) is 21.1. The van der Waals surface area contributed by atoms with Crippen molar-refractivity contribution in [3.63, 3.8) is 0 Å². The highest BCUT2D eigenvalue weighted by Gasteiger charge is 2.42. The van der Waals surface area contributed by atoms with Crippen molar-refractivity contribution in [2.24, 2.45) is 5.92 Å². The van der Waals surface area contributed by atoms with Crippen LogP contribution >= 0.6 is 11.3 Å². The third-order valence-corrected chi connectivity index (χ3v) is 4.61. The summed E-state index contributed by atoms with van der Waals surface area (Å²) in [4.78, 5) is 39.3. The molecule has 4 amide bonds. The van der Waals surface area contributed by atoms with Crippen LogP contribution in [0, 0.1) is 12.8 Å². The van der Waals surface area contributed by atoms with Crippen molar-refractivity contribution in [3.8, 4) is 0 Å². The van der Waals surface area contributed by atoms with Gasteiger partial charge in [-0.15, -0.1) is 11.3 Å². The third kappa shape index (κ3) is 2.60. The quantitative estimate of drug-likeness (QED) is 0.868. The standard InChI is InChI=1S/C14H18N2O3S/c1-4-5-10-12(17)15-14(19)16(13(10)18)9(3)11-7-6-8(2)20-11/h6-7,9-10H,4-5H2,1-3H3,(H,15,17,19). The molecule has 0 aromatic carbocycles. The molecule has 1 aromatic heterocycles. The van der Waals surface area contributed by atoms with Gasteiger partial charge in [-0.3, -0.25) is 19.8 Å². The molecule has 1 aliphatic rings. The van der Waals surface area contributed by atoms with Gasteiger partial charge >= 0.3 is 6.03 Å². The number of amides is 4. The van der Waals surface area contributed by atoms with Gasteiger partial charge in [0.1, 0.15) is 5.92 Å². The summed E-state index contributed by atoms with van der Waals surface area (Å²) in [7, 11) is 0. The SMILES string of the molecule is CCCC1C(=O)NC(=O)N(C(C)c2ccc(C)s2)C1=O. The van der Waals surface area contributed by atoms with E-state index in [2.05, 4.69) is 5.32 Å². The van der Waals surface area contributed by atoms with Crippen molar-refractivity contribution in [1.29, 1.82) is 0 Å². The number of thiophene rings is 1. The summed E-state index contributed by atoms with van der Waals surface area (Å²) in [5, 5.41) is 2.28. The van der Waals surface area contributed by atoms with Crippen LogP contribution in [0.5, 0.6) is 0 Å². The Morgan fingerprint density at radius 1 is 1.35 bits per heavy atom. The molecule has 1 aliphatic heterocycles. The minimum absolute atomic E-state index is 0.353. The highest BCUT2D eigenvalue weighted by molar-refractivity contribution is 7.12. The van der Waals surface area contributed by atoms with Crippen molar-refractivity contribution in [2.45, 2.75) is 39.7 Å². The molecule has 1 aromatic rings. The molecule has 0 radical (unpaired) electrons. The van der Waals surface area contributed by atoms with E-state index < -0.39 is 17.9 Å². The zero-order valence-electron chi connectivity index (χ0n) is 11.8. The number of nitrogens with one attached hydrogen (secondary N) is 1. The number of aryl methyl sites for hydroxylation is 1. The van der Waals surface area contributed by atoms with Gasteiger partial charge in [0.15, 0.2) is 0 Å². The molecular weight excluding hydrogens is 276 g/mol. The van der Waals surface area contributed by atoms with Crippen LogP contribution in [0.25, 0.3) is 0 Å². The fraction of sp³-hybridized carbons (Fsp3) is 0.500. The molecular formula is C14H18N2O3S. The van der Waals surface area contributed by atoms with Crippen molar-refractivity contribution >= 4 is 29.2 Å². The molecule has 0 bridgehead atoms. The number of barbiturate groups is 1. The highest BCUT2D eigenvalue weighted by Crippen LogP contribution is 2.30. The van der Waals surface area contributed by atoms with Crippen LogP contribution < -0.4 is 5.32 Å². The molecule has 2 unspecified atom stereocenters. The van der Waals surface area contributed by atoms with Crippen LogP contribution in [0.15, 0.2) is 12.1 Å². The smallest absolute Gasteiger partial charge is 0.277 e. The summed E-state index contributed by atoms with van der Waals surface area (Å²) >= 11 is 1.55. The first kappa shape index (κ1) is 14.7. The Hall–Kier alpha value is -1.69. The van der Waals surface area contributed by atoms with Crippen LogP contribution in [-0.4, -0.2) is 22.7 Å². The minimum Gasteiger partial charge on any atom is -0.277 e. The zero-order valence-corrected chi connectivity index (χ0v) is 12.6. The van der Waals surface area contributed by atoms with Gasteiger partial charge in [0.25, 0.3) is 0 Å². The topological polar surface area (TPSA) is 66.5 Å². The van der Waals surface area contributed by atoms with E-state index in [0.29, 0.717) is 6.42 Å². The Bertz CT molecular complexity index is 552. The number of hydrogen-bond donors (Lipinski definition) is 1. The molecule has 2 heterocycles. The van der Waals surface area contributed by atoms with Gasteiger partial charge in [0, 0.05) is 9.75 Å². The maximum absolute atomic E-state index is 12.4. The first-order valence-electron chi connectivity index (χ1n) is 6.70. The van der Waals surface area contributed by atoms with Gasteiger partial charge in [-0.25, -0.2) is 4.79 Å². The van der Waals surface area contributed by atoms with Gasteiger partial charge in [0.2, 0.25) is 11.8 Å². The van der Waals surface area contributed by atoms with E-state index >= 15 is 0 Å². The summed E-state index contributed by atoms with van der Waals surface area (Å²) in [6, 6.07) is 2.90. The second-order valence-electron chi connectivity index (χ2n) is 4.97. The fourth-order valence-corrected chi connectivity index (χ4v) is 3.27. The van der Waals surface area contributed by atoms with Gasteiger partial charge < -0.3 is 0 Å². The number of rotatable bonds is 4.